The molecule has 50 heavy (non-hydrogen) atoms. The van der Waals surface area contributed by atoms with Gasteiger partial charge < -0.3 is 9.80 Å². The molecular weight excluding hydrogens is 613 g/mol. The number of aldehydes is 2. The number of aryl methyl sites for hydroxylation is 8. The number of benzene rings is 6. The summed E-state index contributed by atoms with van der Waals surface area (Å²) in [6.45, 7) is 17.2. The van der Waals surface area contributed by atoms with Gasteiger partial charge in [0.1, 0.15) is 12.6 Å². The summed E-state index contributed by atoms with van der Waals surface area (Å²) >= 11 is 0. The van der Waals surface area contributed by atoms with E-state index in [9.17, 15) is 9.59 Å². The molecule has 4 nitrogen and oxygen atoms in total. The normalized spacial score (nSPS) is 11.0. The van der Waals surface area contributed by atoms with Gasteiger partial charge in [0.05, 0.1) is 11.4 Å². The summed E-state index contributed by atoms with van der Waals surface area (Å²) in [7, 11) is 0. The van der Waals surface area contributed by atoms with Gasteiger partial charge in [0.2, 0.25) is 0 Å². The van der Waals surface area contributed by atoms with Crippen molar-refractivity contribution in [3.05, 3.63) is 165 Å². The Morgan fingerprint density at radius 1 is 0.380 bits per heavy atom. The fraction of sp³-hybridized carbons (Fsp3) is 0.174. The molecule has 0 spiro atoms. The average Bonchev–Trinajstić information content (AvgIpc) is 3.08. The third-order valence-electron chi connectivity index (χ3n) is 9.50. The first-order chi connectivity index (χ1) is 24.0. The monoisotopic (exact) mass is 656 g/mol. The Balaban J connectivity index is 1.44. The van der Waals surface area contributed by atoms with Gasteiger partial charge in [-0.15, -0.1) is 0 Å². The van der Waals surface area contributed by atoms with E-state index in [1.54, 1.807) is 0 Å². The quantitative estimate of drug-likeness (QED) is 0.145. The van der Waals surface area contributed by atoms with Crippen molar-refractivity contribution in [1.29, 1.82) is 0 Å². The van der Waals surface area contributed by atoms with Crippen LogP contribution in [-0.4, -0.2) is 12.6 Å². The smallest absolute Gasteiger partial charge is 0.150 e. The van der Waals surface area contributed by atoms with E-state index in [4.69, 9.17) is 0 Å². The summed E-state index contributed by atoms with van der Waals surface area (Å²) in [4.78, 5) is 27.6. The van der Waals surface area contributed by atoms with E-state index in [1.165, 1.54) is 33.4 Å². The van der Waals surface area contributed by atoms with E-state index >= 15 is 0 Å². The Morgan fingerprint density at radius 3 is 0.980 bits per heavy atom. The molecule has 6 aromatic carbocycles. The first kappa shape index (κ1) is 34.1. The number of carbonyl (C=O) groups is 2. The Morgan fingerprint density at radius 2 is 0.700 bits per heavy atom. The summed E-state index contributed by atoms with van der Waals surface area (Å²) in [5.74, 6) is 0. The molecule has 6 rings (SSSR count). The lowest BCUT2D eigenvalue weighted by Gasteiger charge is -2.31. The van der Waals surface area contributed by atoms with Crippen LogP contribution in [0.4, 0.5) is 34.1 Å². The van der Waals surface area contributed by atoms with Crippen molar-refractivity contribution in [3.8, 4) is 11.1 Å². The minimum atomic E-state index is 0.654. The first-order valence-electron chi connectivity index (χ1n) is 17.1. The van der Waals surface area contributed by atoms with Crippen molar-refractivity contribution in [2.24, 2.45) is 0 Å². The van der Waals surface area contributed by atoms with Crippen molar-refractivity contribution in [3.63, 3.8) is 0 Å². The van der Waals surface area contributed by atoms with Crippen LogP contribution in [0.15, 0.2) is 109 Å². The van der Waals surface area contributed by atoms with Crippen molar-refractivity contribution in [1.82, 2.24) is 0 Å². The van der Waals surface area contributed by atoms with Gasteiger partial charge in [0, 0.05) is 33.9 Å². The molecule has 0 saturated heterocycles. The summed E-state index contributed by atoms with van der Waals surface area (Å²) in [5.41, 5.74) is 19.6. The molecule has 0 heterocycles. The lowest BCUT2D eigenvalue weighted by atomic mass is 9.97. The zero-order valence-corrected chi connectivity index (χ0v) is 30.3. The second-order valence-corrected chi connectivity index (χ2v) is 13.6. The Labute approximate surface area is 296 Å². The number of nitrogens with zero attached hydrogens (tertiary/aromatic N) is 2. The van der Waals surface area contributed by atoms with Gasteiger partial charge in [-0.1, -0.05) is 47.5 Å². The predicted octanol–water partition coefficient (Wildman–Crippen LogP) is 12.4. The first-order valence-corrected chi connectivity index (χ1v) is 17.1. The molecule has 0 radical (unpaired) electrons. The molecule has 0 aliphatic heterocycles. The van der Waals surface area contributed by atoms with E-state index in [1.807, 2.05) is 48.5 Å². The van der Waals surface area contributed by atoms with Crippen LogP contribution < -0.4 is 9.80 Å². The van der Waals surface area contributed by atoms with E-state index in [0.717, 1.165) is 69.0 Å². The van der Waals surface area contributed by atoms with Crippen LogP contribution in [0.5, 0.6) is 0 Å². The van der Waals surface area contributed by atoms with Gasteiger partial charge >= 0.3 is 0 Å². The molecule has 0 aliphatic carbocycles. The summed E-state index contributed by atoms with van der Waals surface area (Å²) < 4.78 is 0. The van der Waals surface area contributed by atoms with Gasteiger partial charge in [-0.05, 0) is 173 Å². The number of hydrogen-bond donors (Lipinski definition) is 0. The van der Waals surface area contributed by atoms with Gasteiger partial charge in [-0.25, -0.2) is 0 Å². The minimum Gasteiger partial charge on any atom is -0.310 e. The largest absolute Gasteiger partial charge is 0.310 e. The maximum absolute atomic E-state index is 11.5. The SMILES string of the molecule is Cc1cc(C)c(N(c2ccc(C=O)cc2)c2ccc(-c3ccc(N(c4ccc(C=O)cc4)c4c(C)cc(C)cc4C)c(C)c3)cc2C)c(C)c1. The van der Waals surface area contributed by atoms with Crippen molar-refractivity contribution in [2.45, 2.75) is 55.4 Å². The lowest BCUT2D eigenvalue weighted by Crippen LogP contribution is -2.15. The van der Waals surface area contributed by atoms with Gasteiger partial charge in [0.25, 0.3) is 0 Å². The average molecular weight is 657 g/mol. The lowest BCUT2D eigenvalue weighted by molar-refractivity contribution is 0.111. The number of rotatable bonds is 9. The second-order valence-electron chi connectivity index (χ2n) is 13.6. The topological polar surface area (TPSA) is 40.6 Å². The third-order valence-corrected chi connectivity index (χ3v) is 9.50. The van der Waals surface area contributed by atoms with Crippen molar-refractivity contribution in [2.75, 3.05) is 9.80 Å². The van der Waals surface area contributed by atoms with E-state index in [0.29, 0.717) is 11.1 Å². The van der Waals surface area contributed by atoms with Crippen LogP contribution in [0.1, 0.15) is 65.2 Å². The molecule has 0 saturated carbocycles. The van der Waals surface area contributed by atoms with Crippen molar-refractivity contribution >= 4 is 46.7 Å². The van der Waals surface area contributed by atoms with Crippen LogP contribution in [0, 0.1) is 55.4 Å². The highest BCUT2D eigenvalue weighted by atomic mass is 16.1. The molecule has 0 N–H and O–H groups in total. The molecular formula is C46H44N2O2. The maximum Gasteiger partial charge on any atom is 0.150 e. The molecule has 250 valence electrons. The van der Waals surface area contributed by atoms with E-state index in [2.05, 4.69) is 126 Å². The van der Waals surface area contributed by atoms with Gasteiger partial charge in [0.15, 0.2) is 0 Å². The summed E-state index contributed by atoms with van der Waals surface area (Å²) in [6.07, 6.45) is 1.77. The highest BCUT2D eigenvalue weighted by Crippen LogP contribution is 2.44. The van der Waals surface area contributed by atoms with Crippen LogP contribution in [0.3, 0.4) is 0 Å². The van der Waals surface area contributed by atoms with Crippen molar-refractivity contribution < 1.29 is 9.59 Å². The highest BCUT2D eigenvalue weighted by molar-refractivity contribution is 5.87. The predicted molar refractivity (Wildman–Crippen MR) is 210 cm³/mol. The summed E-state index contributed by atoms with van der Waals surface area (Å²) in [6, 6.07) is 37.8. The molecule has 0 bridgehead atoms. The maximum atomic E-state index is 11.5. The molecule has 0 fully saturated rings. The van der Waals surface area contributed by atoms with E-state index in [-0.39, 0.29) is 0 Å². The number of hydrogen-bond acceptors (Lipinski definition) is 4. The summed E-state index contributed by atoms with van der Waals surface area (Å²) in [5, 5.41) is 0. The molecule has 0 aliphatic rings. The van der Waals surface area contributed by atoms with Gasteiger partial charge in [-0.2, -0.15) is 0 Å². The standard InChI is InChI=1S/C46H44N2O2/c1-29-21-33(5)45(34(6)22-29)47(41-15-9-37(27-49)10-16-41)43-19-13-39(25-31(43)3)40-14-20-44(32(4)26-40)48(42-17-11-38(28-50)12-18-42)46-35(7)23-30(2)24-36(46)8/h9-28H,1-8H3. The molecule has 0 aromatic heterocycles. The Hall–Kier alpha value is -5.74. The van der Waals surface area contributed by atoms with Crippen LogP contribution in [0.2, 0.25) is 0 Å². The van der Waals surface area contributed by atoms with Crippen LogP contribution >= 0.6 is 0 Å². The van der Waals surface area contributed by atoms with Crippen LogP contribution in [-0.2, 0) is 0 Å². The fourth-order valence-corrected chi connectivity index (χ4v) is 7.40. The van der Waals surface area contributed by atoms with E-state index < -0.39 is 0 Å². The van der Waals surface area contributed by atoms with Gasteiger partial charge in [-0.3, -0.25) is 9.59 Å². The number of carbonyl (C=O) groups excluding carboxylic acids is 2. The molecule has 4 heteroatoms. The number of anilines is 6. The molecule has 0 amide bonds. The highest BCUT2D eigenvalue weighted by Gasteiger charge is 2.22. The fourth-order valence-electron chi connectivity index (χ4n) is 7.40. The third kappa shape index (κ3) is 6.62. The zero-order chi connectivity index (χ0) is 35.7. The zero-order valence-electron chi connectivity index (χ0n) is 30.3. The second kappa shape index (κ2) is 14.0. The minimum absolute atomic E-state index is 0.654. The molecule has 0 atom stereocenters. The molecule has 0 unspecified atom stereocenters. The Bertz CT molecular complexity index is 2020. The molecule has 6 aromatic rings. The van der Waals surface area contributed by atoms with Crippen LogP contribution in [0.25, 0.3) is 11.1 Å². The Kier molecular flexibility index (Phi) is 9.56.